The van der Waals surface area contributed by atoms with Gasteiger partial charge in [-0.2, -0.15) is 0 Å². The van der Waals surface area contributed by atoms with Gasteiger partial charge in [0.05, 0.1) is 5.71 Å². The molecule has 0 fully saturated rings. The summed E-state index contributed by atoms with van der Waals surface area (Å²) in [5, 5.41) is 11.9. The first-order valence-electron chi connectivity index (χ1n) is 4.19. The maximum atomic E-state index is 8.63. The highest BCUT2D eigenvalue weighted by molar-refractivity contribution is 5.85. The topological polar surface area (TPSA) is 48.4 Å². The Hall–Kier alpha value is -1.25. The van der Waals surface area contributed by atoms with Crippen LogP contribution in [0.4, 0.5) is 0 Å². The van der Waals surface area contributed by atoms with Gasteiger partial charge in [-0.1, -0.05) is 18.5 Å². The molecule has 0 aliphatic rings. The normalized spacial score (nSPS) is 11.9. The monoisotopic (exact) mass is 166 g/mol. The van der Waals surface area contributed by atoms with Crippen molar-refractivity contribution >= 4 is 5.71 Å². The third kappa shape index (κ3) is 2.42. The van der Waals surface area contributed by atoms with E-state index in [1.807, 2.05) is 18.3 Å². The molecule has 0 saturated carbocycles. The lowest BCUT2D eigenvalue weighted by Gasteiger charge is -1.99. The average Bonchev–Trinajstić information content (AvgIpc) is 2.56. The first-order valence-corrected chi connectivity index (χ1v) is 4.19. The zero-order valence-corrected chi connectivity index (χ0v) is 7.25. The predicted molar refractivity (Wildman–Crippen MR) is 48.6 cm³/mol. The number of nitrogens with one attached hydrogen (secondary N) is 1. The number of aromatic amines is 1. The number of H-pyrrole nitrogens is 1. The quantitative estimate of drug-likeness (QED) is 0.402. The van der Waals surface area contributed by atoms with Crippen LogP contribution in [0.25, 0.3) is 0 Å². The van der Waals surface area contributed by atoms with Crippen molar-refractivity contribution in [1.82, 2.24) is 4.98 Å². The molecule has 0 unspecified atom stereocenters. The van der Waals surface area contributed by atoms with E-state index in [0.717, 1.165) is 30.7 Å². The molecule has 66 valence electrons. The van der Waals surface area contributed by atoms with Gasteiger partial charge in [-0.25, -0.2) is 0 Å². The number of hydrogen-bond donors (Lipinski definition) is 2. The van der Waals surface area contributed by atoms with Crippen molar-refractivity contribution in [2.45, 2.75) is 26.2 Å². The van der Waals surface area contributed by atoms with E-state index in [1.165, 1.54) is 0 Å². The summed E-state index contributed by atoms with van der Waals surface area (Å²) >= 11 is 0. The van der Waals surface area contributed by atoms with Crippen molar-refractivity contribution < 1.29 is 5.21 Å². The molecule has 1 aromatic heterocycles. The summed E-state index contributed by atoms with van der Waals surface area (Å²) < 4.78 is 0. The Bertz CT molecular complexity index is 239. The van der Waals surface area contributed by atoms with Gasteiger partial charge in [-0.15, -0.1) is 0 Å². The summed E-state index contributed by atoms with van der Waals surface area (Å²) in [6, 6.07) is 3.93. The van der Waals surface area contributed by atoms with Crippen LogP contribution in [0.15, 0.2) is 23.5 Å². The summed E-state index contributed by atoms with van der Waals surface area (Å²) in [5.41, 5.74) is 1.93. The van der Waals surface area contributed by atoms with E-state index in [1.54, 1.807) is 0 Å². The Morgan fingerprint density at radius 3 is 3.00 bits per heavy atom. The van der Waals surface area contributed by atoms with Gasteiger partial charge in [-0.3, -0.25) is 0 Å². The number of nitrogens with zero attached hydrogens (tertiary/aromatic N) is 1. The summed E-state index contributed by atoms with van der Waals surface area (Å²) in [6.07, 6.45) is 4.46. The fraction of sp³-hybridized carbons (Fsp3) is 0.444. The van der Waals surface area contributed by atoms with Gasteiger partial charge in [0, 0.05) is 18.3 Å². The first kappa shape index (κ1) is 8.84. The van der Waals surface area contributed by atoms with E-state index in [9.17, 15) is 0 Å². The van der Waals surface area contributed by atoms with Gasteiger partial charge in [0.2, 0.25) is 0 Å². The van der Waals surface area contributed by atoms with Crippen molar-refractivity contribution in [2.75, 3.05) is 0 Å². The number of hydrogen-bond acceptors (Lipinski definition) is 2. The minimum Gasteiger partial charge on any atom is -0.411 e. The van der Waals surface area contributed by atoms with E-state index in [-0.39, 0.29) is 0 Å². The molecule has 0 radical (unpaired) electrons. The molecule has 0 atom stereocenters. The van der Waals surface area contributed by atoms with Crippen molar-refractivity contribution in [3.05, 3.63) is 24.0 Å². The minimum absolute atomic E-state index is 0.720. The van der Waals surface area contributed by atoms with E-state index < -0.39 is 0 Å². The maximum absolute atomic E-state index is 8.63. The smallest absolute Gasteiger partial charge is 0.0629 e. The zero-order chi connectivity index (χ0) is 8.81. The van der Waals surface area contributed by atoms with Gasteiger partial charge in [0.1, 0.15) is 0 Å². The van der Waals surface area contributed by atoms with Crippen molar-refractivity contribution in [3.8, 4) is 0 Å². The Balaban J connectivity index is 2.49. The molecular formula is C9H14N2O. The maximum Gasteiger partial charge on any atom is 0.0629 e. The van der Waals surface area contributed by atoms with Gasteiger partial charge in [-0.05, 0) is 18.6 Å². The van der Waals surface area contributed by atoms with Gasteiger partial charge < -0.3 is 10.2 Å². The van der Waals surface area contributed by atoms with E-state index in [4.69, 9.17) is 5.21 Å². The standard InChI is InChI=1S/C9H14N2O/c1-2-4-9(11-12)7-8-5-3-6-10-8/h3,5-6,10,12H,2,4,7H2,1H3/b11-9+. The third-order valence-electron chi connectivity index (χ3n) is 1.74. The molecule has 1 rings (SSSR count). The van der Waals surface area contributed by atoms with Crippen LogP contribution >= 0.6 is 0 Å². The van der Waals surface area contributed by atoms with E-state index in [0.29, 0.717) is 0 Å². The fourth-order valence-electron chi connectivity index (χ4n) is 1.16. The Labute approximate surface area is 72.1 Å². The predicted octanol–water partition coefficient (Wildman–Crippen LogP) is 2.19. The molecule has 12 heavy (non-hydrogen) atoms. The summed E-state index contributed by atoms with van der Waals surface area (Å²) in [7, 11) is 0. The molecule has 3 heteroatoms. The molecule has 1 heterocycles. The van der Waals surface area contributed by atoms with Gasteiger partial charge in [0.25, 0.3) is 0 Å². The lowest BCUT2D eigenvalue weighted by atomic mass is 10.1. The average molecular weight is 166 g/mol. The minimum atomic E-state index is 0.720. The molecule has 3 nitrogen and oxygen atoms in total. The highest BCUT2D eigenvalue weighted by Gasteiger charge is 2.00. The lowest BCUT2D eigenvalue weighted by Crippen LogP contribution is -2.02. The lowest BCUT2D eigenvalue weighted by molar-refractivity contribution is 0.316. The summed E-state index contributed by atoms with van der Waals surface area (Å²) in [5.74, 6) is 0. The first-order chi connectivity index (χ1) is 5.86. The van der Waals surface area contributed by atoms with Gasteiger partial charge in [0.15, 0.2) is 0 Å². The molecular weight excluding hydrogens is 152 g/mol. The molecule has 0 spiro atoms. The van der Waals surface area contributed by atoms with Crippen molar-refractivity contribution in [3.63, 3.8) is 0 Å². The molecule has 0 aromatic carbocycles. The molecule has 1 aromatic rings. The third-order valence-corrected chi connectivity index (χ3v) is 1.74. The van der Waals surface area contributed by atoms with Crippen LogP contribution < -0.4 is 0 Å². The van der Waals surface area contributed by atoms with Crippen LogP contribution in [-0.2, 0) is 6.42 Å². The molecule has 0 amide bonds. The zero-order valence-electron chi connectivity index (χ0n) is 7.25. The molecule has 0 aliphatic carbocycles. The van der Waals surface area contributed by atoms with Crippen LogP contribution in [0.1, 0.15) is 25.5 Å². The number of oxime groups is 1. The SMILES string of the molecule is CCC/C(Cc1ccc[nH]1)=N\O. The van der Waals surface area contributed by atoms with Crippen LogP contribution in [-0.4, -0.2) is 15.9 Å². The summed E-state index contributed by atoms with van der Waals surface area (Å²) in [6.45, 7) is 2.07. The molecule has 0 saturated heterocycles. The van der Waals surface area contributed by atoms with Crippen molar-refractivity contribution in [2.24, 2.45) is 5.16 Å². The summed E-state index contributed by atoms with van der Waals surface area (Å²) in [4.78, 5) is 3.07. The van der Waals surface area contributed by atoms with Gasteiger partial charge >= 0.3 is 0 Å². The van der Waals surface area contributed by atoms with E-state index in [2.05, 4.69) is 17.1 Å². The number of aromatic nitrogens is 1. The second kappa shape index (κ2) is 4.59. The largest absolute Gasteiger partial charge is 0.411 e. The molecule has 2 N–H and O–H groups in total. The second-order valence-electron chi connectivity index (χ2n) is 2.79. The highest BCUT2D eigenvalue weighted by Crippen LogP contribution is 2.01. The highest BCUT2D eigenvalue weighted by atomic mass is 16.4. The van der Waals surface area contributed by atoms with Crippen LogP contribution in [0.2, 0.25) is 0 Å². The fourth-order valence-corrected chi connectivity index (χ4v) is 1.16. The Morgan fingerprint density at radius 2 is 2.50 bits per heavy atom. The molecule has 0 bridgehead atoms. The van der Waals surface area contributed by atoms with Crippen LogP contribution in [0, 0.1) is 0 Å². The van der Waals surface area contributed by atoms with Crippen LogP contribution in [0.3, 0.4) is 0 Å². The van der Waals surface area contributed by atoms with Crippen LogP contribution in [0.5, 0.6) is 0 Å². The number of rotatable bonds is 4. The van der Waals surface area contributed by atoms with Crippen molar-refractivity contribution in [1.29, 1.82) is 0 Å². The Morgan fingerprint density at radius 1 is 1.67 bits per heavy atom. The van der Waals surface area contributed by atoms with E-state index >= 15 is 0 Å². The molecule has 0 aliphatic heterocycles. The second-order valence-corrected chi connectivity index (χ2v) is 2.79. The Kier molecular flexibility index (Phi) is 3.38.